The first-order valence-electron chi connectivity index (χ1n) is 9.76. The highest BCUT2D eigenvalue weighted by atomic mass is 35.5. The summed E-state index contributed by atoms with van der Waals surface area (Å²) in [4.78, 5) is 20.7. The number of nitrogens with one attached hydrogen (secondary N) is 3. The van der Waals surface area contributed by atoms with E-state index in [1.807, 2.05) is 23.5 Å². The second-order valence-corrected chi connectivity index (χ2v) is 11.2. The van der Waals surface area contributed by atoms with Crippen molar-refractivity contribution in [3.63, 3.8) is 0 Å². The molecular weight excluding hydrogens is 471 g/mol. The maximum atomic E-state index is 14.9. The monoisotopic (exact) mass is 492 g/mol. The first kappa shape index (κ1) is 24.8. The van der Waals surface area contributed by atoms with Crippen LogP contribution in [0.15, 0.2) is 24.5 Å². The lowest BCUT2D eigenvalue weighted by Crippen LogP contribution is -2.61. The zero-order chi connectivity index (χ0) is 24.8. The third-order valence-corrected chi connectivity index (χ3v) is 6.98. The van der Waals surface area contributed by atoms with E-state index in [-0.39, 0.29) is 27.8 Å². The van der Waals surface area contributed by atoms with Crippen LogP contribution in [0.5, 0.6) is 5.88 Å². The Morgan fingerprint density at radius 3 is 2.58 bits per heavy atom. The Labute approximate surface area is 198 Å². The molecule has 1 atom stereocenters. The third-order valence-electron chi connectivity index (χ3n) is 4.75. The number of hydrogen-bond donors (Lipinski definition) is 3. The number of anilines is 1. The molecule has 1 fully saturated rings. The Balaban J connectivity index is 1.89. The number of halogens is 2. The maximum Gasteiger partial charge on any atom is 0.275 e. The van der Waals surface area contributed by atoms with E-state index < -0.39 is 44.3 Å². The first-order chi connectivity index (χ1) is 15.1. The van der Waals surface area contributed by atoms with Crippen LogP contribution in [-0.2, 0) is 15.6 Å². The van der Waals surface area contributed by atoms with Gasteiger partial charge in [0.1, 0.15) is 35.0 Å². The molecular formula is C17H21B3ClFN6O4S. The largest absolute Gasteiger partial charge is 0.498 e. The van der Waals surface area contributed by atoms with E-state index in [0.717, 1.165) is 4.31 Å². The van der Waals surface area contributed by atoms with Gasteiger partial charge in [-0.05, 0) is 19.1 Å². The van der Waals surface area contributed by atoms with Crippen molar-refractivity contribution in [1.29, 1.82) is 5.41 Å². The Morgan fingerprint density at radius 2 is 2.03 bits per heavy atom. The van der Waals surface area contributed by atoms with Crippen LogP contribution in [0.3, 0.4) is 0 Å². The number of rotatable bonds is 5. The van der Waals surface area contributed by atoms with Crippen molar-refractivity contribution in [2.45, 2.75) is 17.8 Å². The molecule has 3 N–H and O–H groups in total. The summed E-state index contributed by atoms with van der Waals surface area (Å²) in [6, 6.07) is 2.46. The molecule has 0 radical (unpaired) electrons. The van der Waals surface area contributed by atoms with Crippen LogP contribution in [-0.4, -0.2) is 76.2 Å². The van der Waals surface area contributed by atoms with Gasteiger partial charge in [-0.3, -0.25) is 10.2 Å². The fraction of sp³-hybridized carbons (Fsp3) is 0.294. The van der Waals surface area contributed by atoms with Gasteiger partial charge in [0.2, 0.25) is 21.9 Å². The number of amides is 1. The van der Waals surface area contributed by atoms with Crippen molar-refractivity contribution in [3.05, 3.63) is 46.6 Å². The summed E-state index contributed by atoms with van der Waals surface area (Å²) in [5, 5.41) is 12.4. The van der Waals surface area contributed by atoms with Crippen LogP contribution in [0.4, 0.5) is 10.1 Å². The van der Waals surface area contributed by atoms with Gasteiger partial charge in [-0.25, -0.2) is 27.1 Å². The SMILES string of the molecule is BC(B)(B)Oc1cnc(C(=O)Nc2cc(Cl)c(F)c([C@]3(C)CS(=O)(=O)N(C)C(=N)N3)c2)cn1. The second kappa shape index (κ2) is 8.52. The van der Waals surface area contributed by atoms with Gasteiger partial charge in [0, 0.05) is 23.6 Å². The predicted octanol–water partition coefficient (Wildman–Crippen LogP) is -1.57. The van der Waals surface area contributed by atoms with Crippen LogP contribution in [0.25, 0.3) is 0 Å². The lowest BCUT2D eigenvalue weighted by atomic mass is 9.52. The second-order valence-electron chi connectivity index (χ2n) is 8.76. The van der Waals surface area contributed by atoms with Gasteiger partial charge in [-0.1, -0.05) is 11.6 Å². The minimum atomic E-state index is -3.87. The smallest absolute Gasteiger partial charge is 0.275 e. The Hall–Kier alpha value is -2.80. The number of carbonyl (C=O) groups excluding carboxylic acids is 1. The van der Waals surface area contributed by atoms with Gasteiger partial charge in [0.15, 0.2) is 0 Å². The number of sulfonamides is 1. The van der Waals surface area contributed by atoms with Gasteiger partial charge in [-0.2, -0.15) is 0 Å². The molecule has 0 saturated carbocycles. The highest BCUT2D eigenvalue weighted by Crippen LogP contribution is 2.35. The predicted molar refractivity (Wildman–Crippen MR) is 130 cm³/mol. The third kappa shape index (κ3) is 5.41. The Kier molecular flexibility index (Phi) is 6.42. The quantitative estimate of drug-likeness (QED) is 0.429. The molecule has 3 rings (SSSR count). The van der Waals surface area contributed by atoms with E-state index in [1.165, 1.54) is 38.5 Å². The number of guanidine groups is 1. The molecule has 2 aromatic rings. The summed E-state index contributed by atoms with van der Waals surface area (Å²) in [6.45, 7) is 1.44. The molecule has 1 amide bonds. The molecule has 1 aliphatic rings. The van der Waals surface area contributed by atoms with Gasteiger partial charge in [0.05, 0.1) is 28.7 Å². The van der Waals surface area contributed by atoms with Crippen molar-refractivity contribution >= 4 is 62.7 Å². The number of nitrogens with zero attached hydrogens (tertiary/aromatic N) is 3. The number of benzene rings is 1. The van der Waals surface area contributed by atoms with Crippen LogP contribution < -0.4 is 15.4 Å². The summed E-state index contributed by atoms with van der Waals surface area (Å²) >= 11 is 6.04. The van der Waals surface area contributed by atoms with Crippen LogP contribution in [0.2, 0.25) is 5.02 Å². The molecule has 0 bridgehead atoms. The fourth-order valence-electron chi connectivity index (χ4n) is 3.18. The van der Waals surface area contributed by atoms with Gasteiger partial charge < -0.3 is 15.4 Å². The van der Waals surface area contributed by atoms with E-state index in [9.17, 15) is 17.6 Å². The minimum absolute atomic E-state index is 0.0220. The zero-order valence-corrected chi connectivity index (χ0v) is 20.2. The fourth-order valence-corrected chi connectivity index (χ4v) is 4.87. The average molecular weight is 492 g/mol. The summed E-state index contributed by atoms with van der Waals surface area (Å²) in [6.07, 6.45) is 2.54. The van der Waals surface area contributed by atoms with Crippen molar-refractivity contribution in [2.75, 3.05) is 18.1 Å². The van der Waals surface area contributed by atoms with Crippen molar-refractivity contribution in [2.24, 2.45) is 0 Å². The van der Waals surface area contributed by atoms with Crippen LogP contribution >= 0.6 is 11.6 Å². The summed E-state index contributed by atoms with van der Waals surface area (Å²) in [5.41, 5.74) is -1.52. The lowest BCUT2D eigenvalue weighted by Gasteiger charge is -2.40. The molecule has 33 heavy (non-hydrogen) atoms. The van der Waals surface area contributed by atoms with E-state index in [2.05, 4.69) is 20.6 Å². The number of hydrogen-bond acceptors (Lipinski definition) is 7. The number of aromatic nitrogens is 2. The van der Waals surface area contributed by atoms with E-state index in [4.69, 9.17) is 21.7 Å². The maximum absolute atomic E-state index is 14.9. The minimum Gasteiger partial charge on any atom is -0.498 e. The molecule has 16 heteroatoms. The number of carbonyl (C=O) groups is 1. The molecule has 1 aliphatic heterocycles. The first-order valence-corrected chi connectivity index (χ1v) is 11.8. The molecule has 2 heterocycles. The molecule has 0 unspecified atom stereocenters. The molecule has 0 aliphatic carbocycles. The Morgan fingerprint density at radius 1 is 1.36 bits per heavy atom. The summed E-state index contributed by atoms with van der Waals surface area (Å²) < 4.78 is 46.1. The van der Waals surface area contributed by atoms with E-state index in [1.54, 1.807) is 0 Å². The normalized spacial score (nSPS) is 20.1. The molecule has 1 aromatic carbocycles. The van der Waals surface area contributed by atoms with Crippen molar-refractivity contribution < 1.29 is 22.3 Å². The number of ether oxygens (including phenoxy) is 1. The molecule has 1 aromatic heterocycles. The van der Waals surface area contributed by atoms with Crippen LogP contribution in [0.1, 0.15) is 23.0 Å². The average Bonchev–Trinajstić information content (AvgIpc) is 2.67. The van der Waals surface area contributed by atoms with Crippen molar-refractivity contribution in [3.8, 4) is 5.88 Å². The van der Waals surface area contributed by atoms with Gasteiger partial charge in [0.25, 0.3) is 5.91 Å². The van der Waals surface area contributed by atoms with Gasteiger partial charge in [-0.15, -0.1) is 0 Å². The topological polar surface area (TPSA) is 137 Å². The summed E-state index contributed by atoms with van der Waals surface area (Å²) in [7, 11) is 2.89. The molecule has 0 spiro atoms. The van der Waals surface area contributed by atoms with E-state index >= 15 is 0 Å². The highest BCUT2D eigenvalue weighted by Gasteiger charge is 2.43. The summed E-state index contributed by atoms with van der Waals surface area (Å²) in [5.74, 6) is -2.19. The molecule has 1 saturated heterocycles. The Bertz CT molecular complexity index is 1230. The highest BCUT2D eigenvalue weighted by molar-refractivity contribution is 7.89. The van der Waals surface area contributed by atoms with Crippen LogP contribution in [0, 0.1) is 11.2 Å². The molecule has 172 valence electrons. The van der Waals surface area contributed by atoms with Gasteiger partial charge >= 0.3 is 0 Å². The zero-order valence-electron chi connectivity index (χ0n) is 18.7. The lowest BCUT2D eigenvalue weighted by molar-refractivity contribution is 0.102. The van der Waals surface area contributed by atoms with Crippen molar-refractivity contribution in [1.82, 2.24) is 19.6 Å². The molecule has 10 nitrogen and oxygen atoms in total. The van der Waals surface area contributed by atoms with E-state index in [0.29, 0.717) is 0 Å². The standard InChI is InChI=1S/C17H21B3ClFN6O4S/c1-16(7-33(30,31)28(2)15(23)27-16)9-3-8(4-10(21)13(9)22)26-14(29)11-5-25-12(6-24-11)32-17(18,19)20/h3-6H,7,18-20H2,1-2H3,(H2,23,27)(H,26,29)/t16-/m0/s1.